The van der Waals surface area contributed by atoms with E-state index >= 15 is 0 Å². The fraction of sp³-hybridized carbons (Fsp3) is 0.909. The van der Waals surface area contributed by atoms with Crippen LogP contribution in [0.3, 0.4) is 0 Å². The molecule has 0 spiro atoms. The predicted octanol–water partition coefficient (Wildman–Crippen LogP) is 0.556. The van der Waals surface area contributed by atoms with E-state index in [9.17, 15) is 4.79 Å². The molecule has 4 heteroatoms. The lowest BCUT2D eigenvalue weighted by Gasteiger charge is -2.34. The Morgan fingerprint density at radius 1 is 1.33 bits per heavy atom. The van der Waals surface area contributed by atoms with Crippen molar-refractivity contribution in [3.63, 3.8) is 0 Å². The minimum atomic E-state index is -0.945. The fourth-order valence-electron chi connectivity index (χ4n) is 1.43. The number of nitrogens with two attached hydrogens (primary N) is 2. The summed E-state index contributed by atoms with van der Waals surface area (Å²) in [6.07, 6.45) is 0. The average Bonchev–Trinajstić information content (AvgIpc) is 2.01. The van der Waals surface area contributed by atoms with E-state index in [4.69, 9.17) is 11.5 Å². The van der Waals surface area contributed by atoms with Crippen LogP contribution in [-0.2, 0) is 4.79 Å². The Morgan fingerprint density at radius 3 is 2.07 bits per heavy atom. The zero-order valence-corrected chi connectivity index (χ0v) is 10.6. The number of hydrogen-bond acceptors (Lipinski definition) is 3. The highest BCUT2D eigenvalue weighted by Crippen LogP contribution is 2.09. The first kappa shape index (κ1) is 14.4. The van der Waals surface area contributed by atoms with Crippen molar-refractivity contribution >= 4 is 5.91 Å². The molecular weight excluding hydrogens is 190 g/mol. The van der Waals surface area contributed by atoms with Gasteiger partial charge >= 0.3 is 0 Å². The van der Waals surface area contributed by atoms with Gasteiger partial charge in [-0.15, -0.1) is 0 Å². The van der Waals surface area contributed by atoms with Gasteiger partial charge in [0.2, 0.25) is 5.91 Å². The highest BCUT2D eigenvalue weighted by molar-refractivity contribution is 5.84. The number of hydrogen-bond donors (Lipinski definition) is 2. The maximum absolute atomic E-state index is 11.1. The van der Waals surface area contributed by atoms with Crippen LogP contribution in [0, 0.1) is 5.92 Å². The summed E-state index contributed by atoms with van der Waals surface area (Å²) in [6, 6.07) is 0.370. The van der Waals surface area contributed by atoms with Gasteiger partial charge in [-0.25, -0.2) is 0 Å². The van der Waals surface area contributed by atoms with Crippen molar-refractivity contribution in [1.29, 1.82) is 0 Å². The van der Waals surface area contributed by atoms with E-state index in [0.717, 1.165) is 6.54 Å². The number of carbonyl (C=O) groups excluding carboxylic acids is 1. The van der Waals surface area contributed by atoms with Gasteiger partial charge < -0.3 is 11.5 Å². The Kier molecular flexibility index (Phi) is 5.24. The Morgan fingerprint density at radius 2 is 1.80 bits per heavy atom. The molecule has 0 aromatic heterocycles. The van der Waals surface area contributed by atoms with Crippen LogP contribution >= 0.6 is 0 Å². The summed E-state index contributed by atoms with van der Waals surface area (Å²) >= 11 is 0. The number of rotatable bonds is 6. The van der Waals surface area contributed by atoms with Crippen molar-refractivity contribution < 1.29 is 4.79 Å². The molecule has 0 aromatic carbocycles. The summed E-state index contributed by atoms with van der Waals surface area (Å²) in [7, 11) is 0. The number of carbonyl (C=O) groups is 1. The molecule has 0 radical (unpaired) electrons. The molecule has 4 nitrogen and oxygen atoms in total. The lowest BCUT2D eigenvalue weighted by atomic mass is 10.0. The molecule has 0 heterocycles. The molecule has 4 N–H and O–H groups in total. The molecule has 0 rings (SSSR count). The molecule has 90 valence electrons. The zero-order valence-electron chi connectivity index (χ0n) is 10.6. The van der Waals surface area contributed by atoms with Gasteiger partial charge in [0.1, 0.15) is 5.54 Å². The minimum absolute atomic E-state index is 0.370. The first-order valence-electron chi connectivity index (χ1n) is 5.49. The van der Waals surface area contributed by atoms with Gasteiger partial charge in [0, 0.05) is 19.1 Å². The molecule has 0 aliphatic carbocycles. The van der Waals surface area contributed by atoms with Crippen LogP contribution in [0.15, 0.2) is 0 Å². The smallest absolute Gasteiger partial charge is 0.238 e. The predicted molar refractivity (Wildman–Crippen MR) is 63.3 cm³/mol. The summed E-state index contributed by atoms with van der Waals surface area (Å²) in [5, 5.41) is 0. The lowest BCUT2D eigenvalue weighted by Crippen LogP contribution is -2.58. The van der Waals surface area contributed by atoms with Gasteiger partial charge in [-0.05, 0) is 26.7 Å². The van der Waals surface area contributed by atoms with E-state index in [0.29, 0.717) is 18.5 Å². The van der Waals surface area contributed by atoms with Crippen LogP contribution in [0.2, 0.25) is 0 Å². The fourth-order valence-corrected chi connectivity index (χ4v) is 1.43. The Labute approximate surface area is 93.0 Å². The summed E-state index contributed by atoms with van der Waals surface area (Å²) in [4.78, 5) is 13.3. The summed E-state index contributed by atoms with van der Waals surface area (Å²) in [6.45, 7) is 11.6. The van der Waals surface area contributed by atoms with Gasteiger partial charge in [0.15, 0.2) is 0 Å². The third kappa shape index (κ3) is 5.14. The van der Waals surface area contributed by atoms with Crippen molar-refractivity contribution in [2.75, 3.05) is 13.1 Å². The lowest BCUT2D eigenvalue weighted by molar-refractivity contribution is -0.123. The van der Waals surface area contributed by atoms with Crippen LogP contribution in [-0.4, -0.2) is 35.5 Å². The molecule has 15 heavy (non-hydrogen) atoms. The standard InChI is InChI=1S/C11H25N3O/c1-8(2)6-14(9(3)4)7-11(5,13)10(12)15/h8-9H,6-7,13H2,1-5H3,(H2,12,15). The van der Waals surface area contributed by atoms with E-state index in [2.05, 4.69) is 32.6 Å². The van der Waals surface area contributed by atoms with Crippen LogP contribution in [0.5, 0.6) is 0 Å². The summed E-state index contributed by atoms with van der Waals surface area (Å²) in [5.41, 5.74) is 10.2. The van der Waals surface area contributed by atoms with E-state index < -0.39 is 11.4 Å². The molecule has 1 atom stereocenters. The highest BCUT2D eigenvalue weighted by atomic mass is 16.1. The van der Waals surface area contributed by atoms with E-state index in [1.54, 1.807) is 6.92 Å². The van der Waals surface area contributed by atoms with E-state index in [-0.39, 0.29) is 0 Å². The van der Waals surface area contributed by atoms with Crippen molar-refractivity contribution in [3.05, 3.63) is 0 Å². The van der Waals surface area contributed by atoms with Crippen LogP contribution < -0.4 is 11.5 Å². The van der Waals surface area contributed by atoms with Gasteiger partial charge in [-0.3, -0.25) is 9.69 Å². The minimum Gasteiger partial charge on any atom is -0.368 e. The summed E-state index contributed by atoms with van der Waals surface area (Å²) < 4.78 is 0. The van der Waals surface area contributed by atoms with Crippen molar-refractivity contribution in [2.24, 2.45) is 17.4 Å². The molecule has 0 bridgehead atoms. The average molecular weight is 215 g/mol. The number of nitrogens with zero attached hydrogens (tertiary/aromatic N) is 1. The second-order valence-electron chi connectivity index (χ2n) is 5.20. The first-order valence-corrected chi connectivity index (χ1v) is 5.49. The number of primary amides is 1. The molecule has 0 saturated heterocycles. The molecule has 0 saturated carbocycles. The third-order valence-corrected chi connectivity index (χ3v) is 2.42. The molecule has 1 amide bonds. The van der Waals surface area contributed by atoms with Crippen molar-refractivity contribution in [3.8, 4) is 0 Å². The Balaban J connectivity index is 4.47. The van der Waals surface area contributed by atoms with E-state index in [1.165, 1.54) is 0 Å². The molecule has 0 aliphatic rings. The maximum atomic E-state index is 11.1. The maximum Gasteiger partial charge on any atom is 0.238 e. The first-order chi connectivity index (χ1) is 6.66. The zero-order chi connectivity index (χ0) is 12.2. The van der Waals surface area contributed by atoms with E-state index in [1.807, 2.05) is 0 Å². The quantitative estimate of drug-likeness (QED) is 0.680. The normalized spacial score (nSPS) is 16.1. The Hall–Kier alpha value is -0.610. The molecule has 0 aliphatic heterocycles. The van der Waals surface area contributed by atoms with Crippen LogP contribution in [0.1, 0.15) is 34.6 Å². The summed E-state index contributed by atoms with van der Waals surface area (Å²) in [5.74, 6) is 0.105. The molecule has 0 fully saturated rings. The Bertz CT molecular complexity index is 212. The largest absolute Gasteiger partial charge is 0.368 e. The second-order valence-corrected chi connectivity index (χ2v) is 5.20. The van der Waals surface area contributed by atoms with Crippen LogP contribution in [0.25, 0.3) is 0 Å². The van der Waals surface area contributed by atoms with Gasteiger partial charge in [-0.2, -0.15) is 0 Å². The second kappa shape index (κ2) is 5.47. The molecular formula is C11H25N3O. The molecule has 0 aromatic rings. The molecule has 1 unspecified atom stereocenters. The van der Waals surface area contributed by atoms with Crippen LogP contribution in [0.4, 0.5) is 0 Å². The topological polar surface area (TPSA) is 72.3 Å². The van der Waals surface area contributed by atoms with Crippen molar-refractivity contribution in [2.45, 2.75) is 46.2 Å². The SMILES string of the molecule is CC(C)CN(CC(C)(N)C(N)=O)C(C)C. The van der Waals surface area contributed by atoms with Gasteiger partial charge in [-0.1, -0.05) is 13.8 Å². The number of amides is 1. The van der Waals surface area contributed by atoms with Crippen molar-refractivity contribution in [1.82, 2.24) is 4.90 Å². The third-order valence-electron chi connectivity index (χ3n) is 2.42. The monoisotopic (exact) mass is 215 g/mol. The highest BCUT2D eigenvalue weighted by Gasteiger charge is 2.29. The van der Waals surface area contributed by atoms with Gasteiger partial charge in [0.25, 0.3) is 0 Å². The van der Waals surface area contributed by atoms with Gasteiger partial charge in [0.05, 0.1) is 0 Å².